The van der Waals surface area contributed by atoms with E-state index in [1.54, 1.807) is 12.1 Å². The summed E-state index contributed by atoms with van der Waals surface area (Å²) in [4.78, 5) is -0.116. The molecule has 0 heterocycles. The Bertz CT molecular complexity index is 473. The average Bonchev–Trinajstić information content (AvgIpc) is 2.34. The lowest BCUT2D eigenvalue weighted by Crippen LogP contribution is -2.34. The van der Waals surface area contributed by atoms with Gasteiger partial charge in [-0.1, -0.05) is 25.5 Å². The SMILES string of the molecule is CCCCN(CCO)S(=O)(=O)c1ccccc1O. The summed E-state index contributed by atoms with van der Waals surface area (Å²) >= 11 is 0. The number of rotatable bonds is 7. The van der Waals surface area contributed by atoms with Gasteiger partial charge in [-0.15, -0.1) is 0 Å². The summed E-state index contributed by atoms with van der Waals surface area (Å²) in [6.45, 7) is 2.10. The highest BCUT2D eigenvalue weighted by Crippen LogP contribution is 2.25. The number of hydrogen-bond donors (Lipinski definition) is 2. The fraction of sp³-hybridized carbons (Fsp3) is 0.500. The second kappa shape index (κ2) is 6.72. The van der Waals surface area contributed by atoms with Crippen molar-refractivity contribution < 1.29 is 18.6 Å². The fourth-order valence-corrected chi connectivity index (χ4v) is 3.17. The molecular formula is C12H19NO4S. The Balaban J connectivity index is 3.05. The van der Waals surface area contributed by atoms with Crippen LogP contribution in [0.25, 0.3) is 0 Å². The molecule has 0 amide bonds. The molecule has 0 fully saturated rings. The lowest BCUT2D eigenvalue weighted by atomic mass is 10.3. The minimum Gasteiger partial charge on any atom is -0.507 e. The zero-order valence-corrected chi connectivity index (χ0v) is 11.2. The number of aliphatic hydroxyl groups excluding tert-OH is 1. The number of phenolic OH excluding ortho intramolecular Hbond substituents is 1. The molecule has 0 saturated carbocycles. The van der Waals surface area contributed by atoms with Crippen LogP contribution in [0.1, 0.15) is 19.8 Å². The van der Waals surface area contributed by atoms with E-state index in [1.807, 2.05) is 6.92 Å². The summed E-state index contributed by atoms with van der Waals surface area (Å²) < 4.78 is 25.8. The van der Waals surface area contributed by atoms with Crippen molar-refractivity contribution in [2.45, 2.75) is 24.7 Å². The fourth-order valence-electron chi connectivity index (χ4n) is 1.61. The molecule has 2 N–H and O–H groups in total. The molecule has 5 nitrogen and oxygen atoms in total. The molecular weight excluding hydrogens is 254 g/mol. The van der Waals surface area contributed by atoms with E-state index in [-0.39, 0.29) is 23.8 Å². The van der Waals surface area contributed by atoms with Gasteiger partial charge in [0.25, 0.3) is 0 Å². The summed E-state index contributed by atoms with van der Waals surface area (Å²) in [5.74, 6) is -0.267. The maximum atomic E-state index is 12.3. The normalized spacial score (nSPS) is 11.9. The molecule has 0 bridgehead atoms. The van der Waals surface area contributed by atoms with Gasteiger partial charge in [0.1, 0.15) is 10.6 Å². The van der Waals surface area contributed by atoms with Crippen LogP contribution in [0, 0.1) is 0 Å². The Kier molecular flexibility index (Phi) is 5.58. The Morgan fingerprint density at radius 2 is 1.89 bits per heavy atom. The van der Waals surface area contributed by atoms with Gasteiger partial charge in [0.15, 0.2) is 0 Å². The van der Waals surface area contributed by atoms with Crippen LogP contribution in [-0.2, 0) is 10.0 Å². The molecule has 1 aromatic rings. The summed E-state index contributed by atoms with van der Waals surface area (Å²) in [7, 11) is -3.74. The number of unbranched alkanes of at least 4 members (excludes halogenated alkanes) is 1. The van der Waals surface area contributed by atoms with E-state index in [0.717, 1.165) is 6.42 Å². The highest BCUT2D eigenvalue weighted by Gasteiger charge is 2.25. The monoisotopic (exact) mass is 273 g/mol. The molecule has 6 heteroatoms. The minimum atomic E-state index is -3.74. The first kappa shape index (κ1) is 14.9. The van der Waals surface area contributed by atoms with Gasteiger partial charge in [-0.05, 0) is 18.6 Å². The van der Waals surface area contributed by atoms with E-state index in [0.29, 0.717) is 13.0 Å². The van der Waals surface area contributed by atoms with Gasteiger partial charge in [0, 0.05) is 13.1 Å². The minimum absolute atomic E-state index is 0.0384. The molecule has 0 aliphatic heterocycles. The molecule has 0 saturated heterocycles. The summed E-state index contributed by atoms with van der Waals surface area (Å²) in [5, 5.41) is 18.6. The Morgan fingerprint density at radius 3 is 2.44 bits per heavy atom. The first-order valence-electron chi connectivity index (χ1n) is 5.93. The lowest BCUT2D eigenvalue weighted by Gasteiger charge is -2.21. The summed E-state index contributed by atoms with van der Waals surface area (Å²) in [5.41, 5.74) is 0. The van der Waals surface area contributed by atoms with E-state index in [9.17, 15) is 13.5 Å². The highest BCUT2D eigenvalue weighted by molar-refractivity contribution is 7.89. The largest absolute Gasteiger partial charge is 0.507 e. The number of sulfonamides is 1. The van der Waals surface area contributed by atoms with E-state index >= 15 is 0 Å². The predicted molar refractivity (Wildman–Crippen MR) is 68.9 cm³/mol. The van der Waals surface area contributed by atoms with Crippen LogP contribution < -0.4 is 0 Å². The van der Waals surface area contributed by atoms with Crippen LogP contribution in [-0.4, -0.2) is 42.6 Å². The molecule has 1 aromatic carbocycles. The van der Waals surface area contributed by atoms with Gasteiger partial charge >= 0.3 is 0 Å². The van der Waals surface area contributed by atoms with Crippen molar-refractivity contribution >= 4 is 10.0 Å². The summed E-state index contributed by atoms with van der Waals surface area (Å²) in [6.07, 6.45) is 1.57. The standard InChI is InChI=1S/C12H19NO4S/c1-2-3-8-13(9-10-14)18(16,17)12-7-5-4-6-11(12)15/h4-7,14-15H,2-3,8-10H2,1H3. The second-order valence-corrected chi connectivity index (χ2v) is 5.86. The van der Waals surface area contributed by atoms with Crippen LogP contribution in [0.3, 0.4) is 0 Å². The third kappa shape index (κ3) is 3.44. The van der Waals surface area contributed by atoms with E-state index in [4.69, 9.17) is 5.11 Å². The van der Waals surface area contributed by atoms with Gasteiger partial charge in [-0.3, -0.25) is 0 Å². The number of aliphatic hydroxyl groups is 1. The summed E-state index contributed by atoms with van der Waals surface area (Å²) in [6, 6.07) is 5.82. The molecule has 0 unspecified atom stereocenters. The molecule has 0 aliphatic rings. The number of hydrogen-bond acceptors (Lipinski definition) is 4. The van der Waals surface area contributed by atoms with Gasteiger partial charge < -0.3 is 10.2 Å². The number of aromatic hydroxyl groups is 1. The number of para-hydroxylation sites is 1. The van der Waals surface area contributed by atoms with Crippen molar-refractivity contribution in [3.05, 3.63) is 24.3 Å². The van der Waals surface area contributed by atoms with E-state index < -0.39 is 10.0 Å². The van der Waals surface area contributed by atoms with E-state index in [1.165, 1.54) is 16.4 Å². The number of phenols is 1. The van der Waals surface area contributed by atoms with Gasteiger partial charge in [-0.25, -0.2) is 8.42 Å². The Labute approximate surface area is 108 Å². The smallest absolute Gasteiger partial charge is 0.246 e. The van der Waals surface area contributed by atoms with Gasteiger partial charge in [0.2, 0.25) is 10.0 Å². The Morgan fingerprint density at radius 1 is 1.22 bits per heavy atom. The Hall–Kier alpha value is -1.11. The maximum absolute atomic E-state index is 12.3. The lowest BCUT2D eigenvalue weighted by molar-refractivity contribution is 0.252. The molecule has 0 spiro atoms. The van der Waals surface area contributed by atoms with Crippen molar-refractivity contribution in [2.24, 2.45) is 0 Å². The molecule has 18 heavy (non-hydrogen) atoms. The first-order chi connectivity index (χ1) is 8.54. The van der Waals surface area contributed by atoms with Crippen molar-refractivity contribution in [2.75, 3.05) is 19.7 Å². The second-order valence-electron chi connectivity index (χ2n) is 3.95. The highest BCUT2D eigenvalue weighted by atomic mass is 32.2. The third-order valence-electron chi connectivity index (χ3n) is 2.59. The molecule has 0 aromatic heterocycles. The van der Waals surface area contributed by atoms with Crippen LogP contribution in [0.4, 0.5) is 0 Å². The zero-order valence-electron chi connectivity index (χ0n) is 10.4. The molecule has 0 atom stereocenters. The number of nitrogens with zero attached hydrogens (tertiary/aromatic N) is 1. The molecule has 1 rings (SSSR count). The topological polar surface area (TPSA) is 77.8 Å². The van der Waals surface area contributed by atoms with Crippen LogP contribution in [0.2, 0.25) is 0 Å². The average molecular weight is 273 g/mol. The molecule has 0 radical (unpaired) electrons. The van der Waals surface area contributed by atoms with Crippen molar-refractivity contribution in [3.8, 4) is 5.75 Å². The van der Waals surface area contributed by atoms with Gasteiger partial charge in [-0.2, -0.15) is 4.31 Å². The van der Waals surface area contributed by atoms with E-state index in [2.05, 4.69) is 0 Å². The first-order valence-corrected chi connectivity index (χ1v) is 7.37. The van der Waals surface area contributed by atoms with Crippen molar-refractivity contribution in [1.82, 2.24) is 4.31 Å². The van der Waals surface area contributed by atoms with Crippen molar-refractivity contribution in [3.63, 3.8) is 0 Å². The quantitative estimate of drug-likeness (QED) is 0.782. The molecule has 102 valence electrons. The number of benzene rings is 1. The van der Waals surface area contributed by atoms with Gasteiger partial charge in [0.05, 0.1) is 6.61 Å². The maximum Gasteiger partial charge on any atom is 0.246 e. The predicted octanol–water partition coefficient (Wildman–Crippen LogP) is 1.18. The van der Waals surface area contributed by atoms with Crippen LogP contribution >= 0.6 is 0 Å². The zero-order chi connectivity index (χ0) is 13.6. The van der Waals surface area contributed by atoms with Crippen molar-refractivity contribution in [1.29, 1.82) is 0 Å². The van der Waals surface area contributed by atoms with Crippen LogP contribution in [0.5, 0.6) is 5.75 Å². The van der Waals surface area contributed by atoms with Crippen LogP contribution in [0.15, 0.2) is 29.2 Å². The molecule has 0 aliphatic carbocycles. The third-order valence-corrected chi connectivity index (χ3v) is 4.54.